The number of benzene rings is 2. The summed E-state index contributed by atoms with van der Waals surface area (Å²) in [5.74, 6) is 0.279. The number of imidazole rings is 1. The molecule has 1 spiro atoms. The molecule has 2 aliphatic heterocycles. The van der Waals surface area contributed by atoms with Gasteiger partial charge in [-0.15, -0.1) is 13.2 Å². The fourth-order valence-electron chi connectivity index (χ4n) is 5.70. The Labute approximate surface area is 234 Å². The van der Waals surface area contributed by atoms with Gasteiger partial charge < -0.3 is 14.5 Å². The summed E-state index contributed by atoms with van der Waals surface area (Å²) >= 11 is 6.10. The lowest BCUT2D eigenvalue weighted by molar-refractivity contribution is -0.274. The van der Waals surface area contributed by atoms with Gasteiger partial charge in [-0.3, -0.25) is 9.20 Å². The monoisotopic (exact) mass is 569 g/mol. The van der Waals surface area contributed by atoms with Gasteiger partial charge in [0.2, 0.25) is 5.78 Å². The Morgan fingerprint density at radius 3 is 2.17 bits per heavy atom. The highest BCUT2D eigenvalue weighted by Crippen LogP contribution is 2.44. The van der Waals surface area contributed by atoms with Crippen LogP contribution in [0.4, 0.5) is 24.5 Å². The number of fused-ring (bicyclic) bond motifs is 1. The number of rotatable bonds is 8. The van der Waals surface area contributed by atoms with Crippen molar-refractivity contribution in [3.05, 3.63) is 82.9 Å². The number of ether oxygens (including phenoxy) is 1. The van der Waals surface area contributed by atoms with E-state index in [9.17, 15) is 18.0 Å². The number of carbonyl (C=O) groups excluding carboxylic acids is 1. The minimum atomic E-state index is -4.69. The van der Waals surface area contributed by atoms with Crippen molar-refractivity contribution in [1.29, 1.82) is 0 Å². The number of ketones is 1. The Morgan fingerprint density at radius 2 is 1.60 bits per heavy atom. The lowest BCUT2D eigenvalue weighted by atomic mass is 9.72. The van der Waals surface area contributed by atoms with Gasteiger partial charge in [0, 0.05) is 55.6 Å². The third kappa shape index (κ3) is 5.20. The van der Waals surface area contributed by atoms with E-state index in [-0.39, 0.29) is 16.9 Å². The minimum absolute atomic E-state index is 0.0132. The van der Waals surface area contributed by atoms with Crippen LogP contribution in [-0.2, 0) is 12.8 Å². The summed E-state index contributed by atoms with van der Waals surface area (Å²) in [5.41, 5.74) is 4.60. The van der Waals surface area contributed by atoms with E-state index in [1.807, 2.05) is 6.92 Å². The molecule has 208 valence electrons. The van der Waals surface area contributed by atoms with Crippen molar-refractivity contribution in [3.8, 4) is 5.75 Å². The quantitative estimate of drug-likeness (QED) is 0.243. The maximum atomic E-state index is 13.1. The van der Waals surface area contributed by atoms with Gasteiger partial charge >= 0.3 is 6.36 Å². The van der Waals surface area contributed by atoms with E-state index >= 15 is 0 Å². The van der Waals surface area contributed by atoms with E-state index in [0.29, 0.717) is 35.8 Å². The zero-order valence-corrected chi connectivity index (χ0v) is 22.5. The molecule has 0 radical (unpaired) electrons. The molecule has 0 saturated carbocycles. The third-order valence-corrected chi connectivity index (χ3v) is 7.80. The number of aryl methyl sites for hydroxylation is 2. The van der Waals surface area contributed by atoms with Crippen molar-refractivity contribution in [2.24, 2.45) is 5.41 Å². The third-order valence-electron chi connectivity index (χ3n) is 7.60. The number of hydrogen-bond acceptors (Lipinski definition) is 6. The second-order valence-electron chi connectivity index (χ2n) is 10.5. The SMILES string of the molecule is CCc1nc2ncc(Cl)cn2c1C(=O)CCc1ccc(N2CC3(C2)CN(c2ccc(OC(F)(F)F)cc2)C3)cc1. The largest absolute Gasteiger partial charge is 0.573 e. The zero-order valence-electron chi connectivity index (χ0n) is 21.8. The molecule has 0 atom stereocenters. The normalized spacial score (nSPS) is 16.2. The van der Waals surface area contributed by atoms with Crippen molar-refractivity contribution in [1.82, 2.24) is 14.4 Å². The highest BCUT2D eigenvalue weighted by Gasteiger charge is 2.51. The number of aromatic nitrogens is 3. The number of Topliss-reactive ketones (excluding diaryl/α,β-unsaturated/α-hetero) is 1. The molecule has 7 nitrogen and oxygen atoms in total. The van der Waals surface area contributed by atoms with Gasteiger partial charge in [-0.25, -0.2) is 9.97 Å². The van der Waals surface area contributed by atoms with Crippen LogP contribution in [0.1, 0.15) is 35.1 Å². The maximum absolute atomic E-state index is 13.1. The lowest BCUT2D eigenvalue weighted by Gasteiger charge is -2.61. The summed E-state index contributed by atoms with van der Waals surface area (Å²) in [6.45, 7) is 5.57. The number of anilines is 2. The summed E-state index contributed by atoms with van der Waals surface area (Å²) < 4.78 is 42.8. The predicted molar refractivity (Wildman–Crippen MR) is 146 cm³/mol. The van der Waals surface area contributed by atoms with Crippen molar-refractivity contribution in [3.63, 3.8) is 0 Å². The summed E-state index contributed by atoms with van der Waals surface area (Å²) in [6.07, 6.45) is 0.138. The maximum Gasteiger partial charge on any atom is 0.573 e. The van der Waals surface area contributed by atoms with Crippen LogP contribution < -0.4 is 14.5 Å². The van der Waals surface area contributed by atoms with E-state index in [1.165, 1.54) is 18.3 Å². The summed E-state index contributed by atoms with van der Waals surface area (Å²) in [6, 6.07) is 14.4. The molecule has 0 bridgehead atoms. The van der Waals surface area contributed by atoms with Gasteiger partial charge in [0.15, 0.2) is 5.78 Å². The van der Waals surface area contributed by atoms with Crippen LogP contribution in [0, 0.1) is 5.41 Å². The predicted octanol–water partition coefficient (Wildman–Crippen LogP) is 5.99. The van der Waals surface area contributed by atoms with Gasteiger partial charge in [-0.05, 0) is 54.8 Å². The average Bonchev–Trinajstić information content (AvgIpc) is 3.24. The van der Waals surface area contributed by atoms with E-state index in [0.717, 1.165) is 48.8 Å². The highest BCUT2D eigenvalue weighted by molar-refractivity contribution is 6.30. The molecule has 4 heterocycles. The van der Waals surface area contributed by atoms with Gasteiger partial charge in [-0.2, -0.15) is 0 Å². The van der Waals surface area contributed by atoms with Crippen LogP contribution in [0.25, 0.3) is 5.78 Å². The molecule has 2 fully saturated rings. The fraction of sp³-hybridized carbons (Fsp3) is 0.345. The summed E-state index contributed by atoms with van der Waals surface area (Å²) in [4.78, 5) is 26.3. The number of alkyl halides is 3. The van der Waals surface area contributed by atoms with Gasteiger partial charge in [0.05, 0.1) is 16.9 Å². The molecular formula is C29H27ClF3N5O2. The molecule has 0 N–H and O–H groups in total. The molecule has 2 saturated heterocycles. The first-order valence-electron chi connectivity index (χ1n) is 13.1. The average molecular weight is 570 g/mol. The lowest BCUT2D eigenvalue weighted by Crippen LogP contribution is -2.72. The van der Waals surface area contributed by atoms with Crippen molar-refractivity contribution in [2.75, 3.05) is 36.0 Å². The Bertz CT molecular complexity index is 1540. The second kappa shape index (κ2) is 9.99. The van der Waals surface area contributed by atoms with Gasteiger partial charge in [0.1, 0.15) is 11.4 Å². The number of hydrogen-bond donors (Lipinski definition) is 0. The first-order valence-corrected chi connectivity index (χ1v) is 13.5. The van der Waals surface area contributed by atoms with E-state index in [1.54, 1.807) is 22.7 Å². The standard InChI is InChI=1S/C29H27ClF3N5O2/c1-2-24-26(38-14-20(30)13-34-27(38)35-24)25(39)12-5-19-3-6-21(7-4-19)36-15-28(16-36)17-37(18-28)22-8-10-23(11-9-22)40-29(31,32)33/h3-4,6-11,13-14H,2,5,12,15-18H2,1H3. The smallest absolute Gasteiger partial charge is 0.406 e. The molecule has 0 unspecified atom stereocenters. The zero-order chi connectivity index (χ0) is 28.1. The van der Waals surface area contributed by atoms with Crippen LogP contribution >= 0.6 is 11.6 Å². The molecule has 40 heavy (non-hydrogen) atoms. The molecule has 6 rings (SSSR count). The van der Waals surface area contributed by atoms with Crippen molar-refractivity contribution < 1.29 is 22.7 Å². The Kier molecular flexibility index (Phi) is 6.60. The van der Waals surface area contributed by atoms with E-state index < -0.39 is 6.36 Å². The highest BCUT2D eigenvalue weighted by atomic mass is 35.5. The molecular weight excluding hydrogens is 543 g/mol. The number of carbonyl (C=O) groups is 1. The number of halogens is 4. The molecule has 4 aromatic rings. The second-order valence-corrected chi connectivity index (χ2v) is 11.0. The molecule has 0 aliphatic carbocycles. The molecule has 11 heteroatoms. The molecule has 2 aromatic heterocycles. The molecule has 2 aliphatic rings. The topological polar surface area (TPSA) is 63.0 Å². The van der Waals surface area contributed by atoms with Crippen LogP contribution in [0.15, 0.2) is 60.9 Å². The molecule has 0 amide bonds. The first-order chi connectivity index (χ1) is 19.1. The molecule has 2 aromatic carbocycles. The van der Waals surface area contributed by atoms with Gasteiger partial charge in [-0.1, -0.05) is 30.7 Å². The minimum Gasteiger partial charge on any atom is -0.406 e. The Balaban J connectivity index is 1.01. The van der Waals surface area contributed by atoms with E-state index in [2.05, 4.69) is 48.8 Å². The summed E-state index contributed by atoms with van der Waals surface area (Å²) in [5, 5.41) is 0.452. The van der Waals surface area contributed by atoms with Crippen LogP contribution in [0.5, 0.6) is 5.75 Å². The Hall–Kier alpha value is -3.79. The van der Waals surface area contributed by atoms with E-state index in [4.69, 9.17) is 11.6 Å². The van der Waals surface area contributed by atoms with Crippen LogP contribution in [-0.4, -0.2) is 52.7 Å². The summed E-state index contributed by atoms with van der Waals surface area (Å²) in [7, 11) is 0. The number of nitrogens with zero attached hydrogens (tertiary/aromatic N) is 5. The first kappa shape index (κ1) is 26.4. The fourth-order valence-corrected chi connectivity index (χ4v) is 5.84. The Morgan fingerprint density at radius 1 is 1.00 bits per heavy atom. The van der Waals surface area contributed by atoms with Crippen LogP contribution in [0.2, 0.25) is 5.02 Å². The van der Waals surface area contributed by atoms with Crippen LogP contribution in [0.3, 0.4) is 0 Å². The van der Waals surface area contributed by atoms with Gasteiger partial charge in [0.25, 0.3) is 0 Å². The van der Waals surface area contributed by atoms with Crippen molar-refractivity contribution in [2.45, 2.75) is 32.5 Å². The van der Waals surface area contributed by atoms with Crippen molar-refractivity contribution >= 4 is 34.5 Å².